The van der Waals surface area contributed by atoms with Crippen molar-refractivity contribution in [1.82, 2.24) is 4.98 Å². The lowest BCUT2D eigenvalue weighted by molar-refractivity contribution is -0.124. The summed E-state index contributed by atoms with van der Waals surface area (Å²) in [4.78, 5) is 16.7. The van der Waals surface area contributed by atoms with Crippen LogP contribution in [0.3, 0.4) is 0 Å². The Bertz CT molecular complexity index is 621. The number of carbonyl (C=O) groups excluding carboxylic acids is 1. The molecule has 1 aromatic heterocycles. The summed E-state index contributed by atoms with van der Waals surface area (Å²) >= 11 is 0. The Kier molecular flexibility index (Phi) is 4.29. The van der Waals surface area contributed by atoms with Gasteiger partial charge in [0.25, 0.3) is 0 Å². The van der Waals surface area contributed by atoms with Crippen LogP contribution in [-0.2, 0) is 10.2 Å². The van der Waals surface area contributed by atoms with E-state index in [9.17, 15) is 4.79 Å². The van der Waals surface area contributed by atoms with Gasteiger partial charge in [0.1, 0.15) is 0 Å². The van der Waals surface area contributed by atoms with Gasteiger partial charge in [-0.05, 0) is 25.0 Å². The largest absolute Gasteiger partial charge is 0.369 e. The van der Waals surface area contributed by atoms with Crippen LogP contribution >= 0.6 is 12.4 Å². The second-order valence-electron chi connectivity index (χ2n) is 5.40. The second-order valence-corrected chi connectivity index (χ2v) is 5.40. The van der Waals surface area contributed by atoms with Crippen molar-refractivity contribution < 1.29 is 4.79 Å². The van der Waals surface area contributed by atoms with Crippen molar-refractivity contribution in [2.75, 3.05) is 0 Å². The van der Waals surface area contributed by atoms with E-state index < -0.39 is 5.41 Å². The summed E-state index contributed by atoms with van der Waals surface area (Å²) in [6.45, 7) is 0. The van der Waals surface area contributed by atoms with E-state index in [1.54, 1.807) is 0 Å². The number of fused-ring (bicyclic) bond motifs is 1. The standard InChI is InChI=1S/C16H18N2O.ClH/c17-15(19)16(10-4-1-5-11-16)14-9-8-12-6-2-3-7-13(12)18-14;/h2-3,6-9H,1,4-5,10-11H2,(H2,17,19);1H. The van der Waals surface area contributed by atoms with Gasteiger partial charge in [0.15, 0.2) is 0 Å². The number of pyridine rings is 1. The molecule has 2 aromatic rings. The maximum atomic E-state index is 12.0. The third kappa shape index (κ3) is 2.38. The first kappa shape index (κ1) is 14.8. The minimum atomic E-state index is -0.553. The van der Waals surface area contributed by atoms with E-state index in [4.69, 9.17) is 10.7 Å². The lowest BCUT2D eigenvalue weighted by atomic mass is 9.71. The number of para-hydroxylation sites is 1. The number of aromatic nitrogens is 1. The highest BCUT2D eigenvalue weighted by molar-refractivity contribution is 5.87. The third-order valence-corrected chi connectivity index (χ3v) is 4.27. The minimum Gasteiger partial charge on any atom is -0.369 e. The Morgan fingerprint density at radius 1 is 1.05 bits per heavy atom. The van der Waals surface area contributed by atoms with Gasteiger partial charge >= 0.3 is 0 Å². The molecule has 20 heavy (non-hydrogen) atoms. The molecule has 1 aromatic carbocycles. The van der Waals surface area contributed by atoms with Crippen molar-refractivity contribution in [2.24, 2.45) is 5.73 Å². The molecule has 2 N–H and O–H groups in total. The summed E-state index contributed by atoms with van der Waals surface area (Å²) in [6.07, 6.45) is 4.94. The van der Waals surface area contributed by atoms with Crippen LogP contribution in [0.1, 0.15) is 37.8 Å². The third-order valence-electron chi connectivity index (χ3n) is 4.27. The first-order valence-electron chi connectivity index (χ1n) is 6.89. The molecule has 106 valence electrons. The molecule has 1 aliphatic rings. The molecule has 1 heterocycles. The summed E-state index contributed by atoms with van der Waals surface area (Å²) in [5.74, 6) is -0.227. The van der Waals surface area contributed by atoms with E-state index in [0.717, 1.165) is 42.3 Å². The molecule has 0 unspecified atom stereocenters. The molecule has 0 atom stereocenters. The van der Waals surface area contributed by atoms with Crippen LogP contribution in [0, 0.1) is 0 Å². The van der Waals surface area contributed by atoms with Gasteiger partial charge in [-0.1, -0.05) is 43.5 Å². The highest BCUT2D eigenvalue weighted by Gasteiger charge is 2.40. The molecule has 3 nitrogen and oxygen atoms in total. The number of primary amides is 1. The van der Waals surface area contributed by atoms with E-state index in [2.05, 4.69) is 0 Å². The first-order valence-corrected chi connectivity index (χ1v) is 6.89. The molecule has 3 rings (SSSR count). The Labute approximate surface area is 125 Å². The summed E-state index contributed by atoms with van der Waals surface area (Å²) < 4.78 is 0. The summed E-state index contributed by atoms with van der Waals surface area (Å²) in [7, 11) is 0. The summed E-state index contributed by atoms with van der Waals surface area (Å²) in [6, 6.07) is 12.0. The zero-order chi connectivity index (χ0) is 13.3. The number of hydrogen-bond donors (Lipinski definition) is 1. The minimum absolute atomic E-state index is 0. The van der Waals surface area contributed by atoms with Gasteiger partial charge < -0.3 is 5.73 Å². The SMILES string of the molecule is Cl.NC(=O)C1(c2ccc3ccccc3n2)CCCCC1. The maximum Gasteiger partial charge on any atom is 0.229 e. The maximum absolute atomic E-state index is 12.0. The number of nitrogens with zero attached hydrogens (tertiary/aromatic N) is 1. The molecule has 1 amide bonds. The van der Waals surface area contributed by atoms with Gasteiger partial charge in [-0.2, -0.15) is 0 Å². The van der Waals surface area contributed by atoms with Gasteiger partial charge in [0.2, 0.25) is 5.91 Å². The second kappa shape index (κ2) is 5.80. The zero-order valence-corrected chi connectivity index (χ0v) is 12.2. The fraction of sp³-hybridized carbons (Fsp3) is 0.375. The van der Waals surface area contributed by atoms with Crippen LogP contribution in [0.5, 0.6) is 0 Å². The van der Waals surface area contributed by atoms with E-state index in [0.29, 0.717) is 0 Å². The van der Waals surface area contributed by atoms with Crippen molar-refractivity contribution in [3.63, 3.8) is 0 Å². The molecular weight excluding hydrogens is 272 g/mol. The van der Waals surface area contributed by atoms with Crippen LogP contribution in [0.25, 0.3) is 10.9 Å². The van der Waals surface area contributed by atoms with Crippen molar-refractivity contribution in [3.05, 3.63) is 42.1 Å². The molecule has 0 aliphatic heterocycles. The predicted octanol–water partition coefficient (Wildman–Crippen LogP) is 3.34. The average Bonchev–Trinajstić information content (AvgIpc) is 2.47. The van der Waals surface area contributed by atoms with Gasteiger partial charge in [-0.25, -0.2) is 0 Å². The lowest BCUT2D eigenvalue weighted by Gasteiger charge is -2.33. The number of nitrogens with two attached hydrogens (primary N) is 1. The molecule has 1 fully saturated rings. The highest BCUT2D eigenvalue weighted by atomic mass is 35.5. The van der Waals surface area contributed by atoms with E-state index >= 15 is 0 Å². The van der Waals surface area contributed by atoms with Crippen LogP contribution < -0.4 is 5.73 Å². The topological polar surface area (TPSA) is 56.0 Å². The monoisotopic (exact) mass is 290 g/mol. The normalized spacial score (nSPS) is 17.4. The van der Waals surface area contributed by atoms with Crippen LogP contribution in [0.15, 0.2) is 36.4 Å². The van der Waals surface area contributed by atoms with Crippen LogP contribution in [0.4, 0.5) is 0 Å². The quantitative estimate of drug-likeness (QED) is 0.922. The van der Waals surface area contributed by atoms with E-state index in [1.807, 2.05) is 36.4 Å². The molecule has 1 aliphatic carbocycles. The van der Waals surface area contributed by atoms with Crippen LogP contribution in [0.2, 0.25) is 0 Å². The lowest BCUT2D eigenvalue weighted by Crippen LogP contribution is -2.43. The number of benzene rings is 1. The van der Waals surface area contributed by atoms with Crippen molar-refractivity contribution in [3.8, 4) is 0 Å². The Morgan fingerprint density at radius 2 is 1.75 bits per heavy atom. The first-order chi connectivity index (χ1) is 9.22. The van der Waals surface area contributed by atoms with Crippen molar-refractivity contribution in [2.45, 2.75) is 37.5 Å². The van der Waals surface area contributed by atoms with Gasteiger partial charge in [-0.3, -0.25) is 9.78 Å². The number of halogens is 1. The van der Waals surface area contributed by atoms with Crippen molar-refractivity contribution in [1.29, 1.82) is 0 Å². The van der Waals surface area contributed by atoms with E-state index in [1.165, 1.54) is 6.42 Å². The molecule has 4 heteroatoms. The predicted molar refractivity (Wildman–Crippen MR) is 82.9 cm³/mol. The van der Waals surface area contributed by atoms with Gasteiger partial charge in [0, 0.05) is 5.39 Å². The molecule has 0 spiro atoms. The Hall–Kier alpha value is -1.61. The fourth-order valence-electron chi connectivity index (χ4n) is 3.12. The molecule has 0 saturated heterocycles. The van der Waals surface area contributed by atoms with Gasteiger partial charge in [-0.15, -0.1) is 12.4 Å². The average molecular weight is 291 g/mol. The number of amides is 1. The van der Waals surface area contributed by atoms with Crippen molar-refractivity contribution >= 4 is 29.2 Å². The van der Waals surface area contributed by atoms with E-state index in [-0.39, 0.29) is 18.3 Å². The summed E-state index contributed by atoms with van der Waals surface area (Å²) in [5.41, 5.74) is 6.93. The molecule has 1 saturated carbocycles. The van der Waals surface area contributed by atoms with Gasteiger partial charge in [0.05, 0.1) is 16.6 Å². The fourth-order valence-corrected chi connectivity index (χ4v) is 3.12. The zero-order valence-electron chi connectivity index (χ0n) is 11.3. The van der Waals surface area contributed by atoms with Crippen LogP contribution in [-0.4, -0.2) is 10.9 Å². The molecule has 0 radical (unpaired) electrons. The molecular formula is C16H19ClN2O. The number of hydrogen-bond acceptors (Lipinski definition) is 2. The Morgan fingerprint density at radius 3 is 2.45 bits per heavy atom. The summed E-state index contributed by atoms with van der Waals surface area (Å²) in [5, 5.41) is 1.10. The number of rotatable bonds is 2. The highest BCUT2D eigenvalue weighted by Crippen LogP contribution is 2.38. The molecule has 0 bridgehead atoms. The number of carbonyl (C=O) groups is 1. The Balaban J connectivity index is 0.00000147. The smallest absolute Gasteiger partial charge is 0.229 e.